The quantitative estimate of drug-likeness (QED) is 0.0597. The Kier molecular flexibility index (Phi) is 18.3. The van der Waals surface area contributed by atoms with Crippen molar-refractivity contribution in [2.24, 2.45) is 29.5 Å². The second-order valence-corrected chi connectivity index (χ2v) is 29.2. The number of likely N-dealkylation sites (tertiary alicyclic amines) is 5. The first-order valence-corrected chi connectivity index (χ1v) is 38.0. The molecule has 15 heterocycles. The first-order valence-electron chi connectivity index (χ1n) is 53.0. The molecule has 10 aromatic heterocycles. The van der Waals surface area contributed by atoms with Crippen LogP contribution in [0.1, 0.15) is 136 Å². The number of nitrogens with one attached hydrogen (secondary N) is 5. The van der Waals surface area contributed by atoms with Crippen LogP contribution in [0.15, 0.2) is 61.7 Å². The summed E-state index contributed by atoms with van der Waals surface area (Å²) in [6, 6.07) is -6.40. The van der Waals surface area contributed by atoms with E-state index in [-0.39, 0.29) is 225 Å². The van der Waals surface area contributed by atoms with Crippen LogP contribution in [0.25, 0.3) is 79.4 Å². The SMILES string of the molecule is [2H]c1nc(N(C)[C@@]2([2H])CN(C(=O)C[N+]#[C-])CC[C@@]2([2H])C([2H])([2H])[2H])c2c([2H])c(C)[nH]c2n1.[2H]c1nc(N(C)[C@@]2([2H])CN(C(=O)C[N+]#[C-])CC[C@@]2([2H])C)c2c([2H])c(C)[nH]c2n1.[2H]c1nc(N([C@H]2CN(C(=O)C[N+]#[C-])CC[C@@]2([2H])C)C([2H])([2H])[2H])c2c([2H])c(C)[nH]c2n1.[2H]c1nc(N([C@H]2CN(C(=O)C[N+]#[C-])CC[C@H]2C([2H])([2H])[2H])C([2H])([2H])[2H])c2c([2H])c(C)[nH]c2n1.[2H]c1nc(N([C@H]2CN(C(=O)C[N+]#[C-])CC[C@H]2C)C([2H])([2H])[2H])c2c([2H])c(C)[nH]c2n1. The van der Waals surface area contributed by atoms with Gasteiger partial charge in [-0.3, -0.25) is 24.0 Å². The van der Waals surface area contributed by atoms with Crippen molar-refractivity contribution in [2.75, 3.05) is 158 Å². The summed E-state index contributed by atoms with van der Waals surface area (Å²) in [6.45, 7) is 32.8. The average molecular weight is 1660 g/mol. The van der Waals surface area contributed by atoms with Crippen LogP contribution in [0.4, 0.5) is 29.1 Å². The fourth-order valence-electron chi connectivity index (χ4n) is 14.5. The number of carbonyl (C=O) groups excluding carboxylic acids is 5. The number of anilines is 5. The zero-order valence-electron chi connectivity index (χ0n) is 97.8. The van der Waals surface area contributed by atoms with Crippen LogP contribution in [0, 0.1) is 97.0 Å². The van der Waals surface area contributed by atoms with E-state index in [2.05, 4.69) is 99.0 Å². The number of nitrogens with zero attached hydrogens (tertiary/aromatic N) is 25. The van der Waals surface area contributed by atoms with E-state index in [0.29, 0.717) is 59.0 Å². The van der Waals surface area contributed by atoms with Gasteiger partial charge in [-0.15, -0.1) is 0 Å². The van der Waals surface area contributed by atoms with Gasteiger partial charge in [-0.2, -0.15) is 0 Å². The third-order valence-corrected chi connectivity index (χ3v) is 21.1. The van der Waals surface area contributed by atoms with Crippen molar-refractivity contribution in [1.29, 1.82) is 0 Å². The molecule has 0 unspecified atom stereocenters. The first-order chi connectivity index (χ1) is 69.4. The molecule has 5 aliphatic heterocycles. The Labute approximate surface area is 742 Å². The highest BCUT2D eigenvalue weighted by Crippen LogP contribution is 2.36. The van der Waals surface area contributed by atoms with Crippen molar-refractivity contribution < 1.29 is 65.1 Å². The molecule has 630 valence electrons. The Morgan fingerprint density at radius 1 is 0.375 bits per heavy atom. The predicted molar refractivity (Wildman–Crippen MR) is 463 cm³/mol. The maximum Gasteiger partial charge on any atom is 0.302 e. The minimum Gasteiger partial charge on any atom is -0.354 e. The molecule has 0 aliphatic carbocycles. The van der Waals surface area contributed by atoms with E-state index in [4.69, 9.17) is 74.0 Å². The number of rotatable bonds is 15. The number of fused-ring (bicyclic) bond motifs is 5. The van der Waals surface area contributed by atoms with Gasteiger partial charge in [0.1, 0.15) is 95.7 Å². The summed E-state index contributed by atoms with van der Waals surface area (Å²) in [4.78, 5) is 144. The molecule has 0 spiro atoms. The van der Waals surface area contributed by atoms with Gasteiger partial charge in [0.15, 0.2) is 0 Å². The second-order valence-electron chi connectivity index (χ2n) is 29.2. The Balaban J connectivity index is 0.000000178. The van der Waals surface area contributed by atoms with E-state index in [9.17, 15) is 24.0 Å². The number of hydrogen-bond donors (Lipinski definition) is 5. The van der Waals surface area contributed by atoms with Crippen LogP contribution < -0.4 is 24.5 Å². The minimum absolute atomic E-state index is 0.000653. The average Bonchev–Trinajstić information content (AvgIpc) is 1.57. The molecule has 5 aliphatic rings. The lowest BCUT2D eigenvalue weighted by atomic mass is 9.92. The zero-order chi connectivity index (χ0) is 112. The van der Waals surface area contributed by atoms with E-state index in [1.54, 1.807) is 55.5 Å². The number of carbonyl (C=O) groups is 5. The van der Waals surface area contributed by atoms with Crippen LogP contribution in [-0.2, 0) is 24.0 Å². The van der Waals surface area contributed by atoms with Gasteiger partial charge in [0.25, 0.3) is 32.7 Å². The van der Waals surface area contributed by atoms with Gasteiger partial charge in [-0.25, -0.2) is 82.7 Å². The van der Waals surface area contributed by atoms with Gasteiger partial charge in [0, 0.05) is 154 Å². The number of aromatic amines is 5. The lowest BCUT2D eigenvalue weighted by Gasteiger charge is -2.41. The summed E-state index contributed by atoms with van der Waals surface area (Å²) in [5.41, 5.74) is 3.37. The van der Waals surface area contributed by atoms with Gasteiger partial charge < -0.3 is 98.1 Å². The largest absolute Gasteiger partial charge is 0.354 e. The summed E-state index contributed by atoms with van der Waals surface area (Å²) >= 11 is 0. The van der Waals surface area contributed by atoms with Crippen LogP contribution in [0.2, 0.25) is 0 Å². The normalized spacial score (nSPS) is 28.0. The Morgan fingerprint density at radius 3 is 0.942 bits per heavy atom. The van der Waals surface area contributed by atoms with E-state index in [1.807, 2.05) is 6.92 Å². The fraction of sp³-hybridized carbons (Fsp3) is 0.529. The molecule has 0 bridgehead atoms. The van der Waals surface area contributed by atoms with E-state index < -0.39 is 145 Å². The molecule has 5 saturated heterocycles. The molecule has 5 amide bonds. The highest BCUT2D eigenvalue weighted by atomic mass is 16.2. The number of amides is 5. The van der Waals surface area contributed by atoms with E-state index >= 15 is 0 Å². The third kappa shape index (κ3) is 20.2. The predicted octanol–water partition coefficient (Wildman–Crippen LogP) is 9.29. The van der Waals surface area contributed by atoms with Crippen molar-refractivity contribution in [3.63, 3.8) is 0 Å². The maximum atomic E-state index is 12.4. The third-order valence-electron chi connectivity index (χ3n) is 21.1. The topological polar surface area (TPSA) is 347 Å². The van der Waals surface area contributed by atoms with Gasteiger partial charge in [0.05, 0.1) is 66.7 Å². The second kappa shape index (κ2) is 39.4. The molecule has 35 nitrogen and oxygen atoms in total. The van der Waals surface area contributed by atoms with E-state index in [0.717, 1.165) is 19.6 Å². The highest BCUT2D eigenvalue weighted by molar-refractivity contribution is 5.92. The summed E-state index contributed by atoms with van der Waals surface area (Å²) in [6.07, 6.45) is -1.22. The standard InChI is InChI=1S/5C17H22N6O/c5*1-11-5-6-23(15(24)8-18-3)9-14(11)22(4)17-13-7-12(2)21-16(13)19-10-20-17/h5*7,10-11,14H,5-6,8-9H2,1-2,4H3,(H,19,20,21)/t5*11-,14+/m11111/s1/i1D3,7D,10D,11D,14D;7D,10D,11D,14D;4D3,7D,10D,11D;1D3,4D3,7D,10D;4D3,7D,10D. The summed E-state index contributed by atoms with van der Waals surface area (Å²) in [7, 11) is 2.96. The molecule has 0 saturated carbocycles. The van der Waals surface area contributed by atoms with Crippen molar-refractivity contribution in [1.82, 2.24) is 99.3 Å². The Hall–Kier alpha value is -13.1. The number of aromatic nitrogens is 15. The molecule has 0 aromatic carbocycles. The number of H-pyrrole nitrogens is 5. The minimum atomic E-state index is -2.90. The highest BCUT2D eigenvalue weighted by Gasteiger charge is 2.39. The van der Waals surface area contributed by atoms with Crippen molar-refractivity contribution in [3.05, 3.63) is 147 Å². The Bertz CT molecular complexity index is 7050. The van der Waals surface area contributed by atoms with E-state index in [1.165, 1.54) is 36.4 Å². The number of piperidine rings is 5. The fourth-order valence-corrected chi connectivity index (χ4v) is 14.5. The molecule has 120 heavy (non-hydrogen) atoms. The molecule has 0 radical (unpaired) electrons. The van der Waals surface area contributed by atoms with Gasteiger partial charge >= 0.3 is 29.5 Å². The number of likely N-dealkylation sites (N-methyl/N-ethyl adjacent to an activating group) is 5. The van der Waals surface area contributed by atoms with Crippen LogP contribution in [0.3, 0.4) is 0 Å². The molecule has 35 heteroatoms. The number of aryl methyl sites for hydroxylation is 5. The molecule has 10 aromatic rings. The molecular formula is C85H110N30O5. The molecule has 5 N–H and O–H groups in total. The maximum absolute atomic E-state index is 12.4. The van der Waals surface area contributed by atoms with Crippen LogP contribution in [0.5, 0.6) is 0 Å². The van der Waals surface area contributed by atoms with Gasteiger partial charge in [0.2, 0.25) is 0 Å². The van der Waals surface area contributed by atoms with Gasteiger partial charge in [-0.05, 0) is 126 Å². The van der Waals surface area contributed by atoms with Crippen molar-refractivity contribution in [2.45, 2.75) is 131 Å². The van der Waals surface area contributed by atoms with Crippen molar-refractivity contribution >= 4 is 114 Å². The molecular weight excluding hydrogens is 1520 g/mol. The molecule has 10 atom stereocenters. The van der Waals surface area contributed by atoms with Crippen LogP contribution in [-0.4, -0.2) is 292 Å². The summed E-state index contributed by atoms with van der Waals surface area (Å²) in [5, 5.41) is 1.03. The van der Waals surface area contributed by atoms with Gasteiger partial charge in [-0.1, -0.05) is 34.5 Å². The number of hydrogen-bond acceptors (Lipinski definition) is 20. The lowest BCUT2D eigenvalue weighted by Crippen LogP contribution is -2.53. The van der Waals surface area contributed by atoms with Crippen LogP contribution >= 0.6 is 0 Å². The monoisotopic (exact) mass is 1660 g/mol. The summed E-state index contributed by atoms with van der Waals surface area (Å²) < 4.78 is 247. The molecule has 15 rings (SSSR count). The van der Waals surface area contributed by atoms with Crippen molar-refractivity contribution in [3.8, 4) is 0 Å². The zero-order valence-corrected chi connectivity index (χ0v) is 67.8. The smallest absolute Gasteiger partial charge is 0.302 e. The Morgan fingerprint density at radius 2 is 0.633 bits per heavy atom. The molecule has 5 fully saturated rings. The lowest BCUT2D eigenvalue weighted by molar-refractivity contribution is -0.131. The summed E-state index contributed by atoms with van der Waals surface area (Å²) in [5.74, 6) is -8.46. The first kappa shape index (κ1) is 55.6.